The summed E-state index contributed by atoms with van der Waals surface area (Å²) in [6, 6.07) is 8.64. The lowest BCUT2D eigenvalue weighted by Gasteiger charge is -2.07. The Bertz CT molecular complexity index is 574. The molecule has 0 atom stereocenters. The van der Waals surface area contributed by atoms with E-state index in [1.165, 1.54) is 13.3 Å². The van der Waals surface area contributed by atoms with Crippen molar-refractivity contribution in [3.8, 4) is 5.88 Å². The van der Waals surface area contributed by atoms with Crippen LogP contribution in [0.2, 0.25) is 0 Å². The molecule has 0 aliphatic heterocycles. The molecule has 0 fully saturated rings. The number of nitrogens with zero attached hydrogens (tertiary/aromatic N) is 1. The van der Waals surface area contributed by atoms with Crippen LogP contribution < -0.4 is 15.8 Å². The number of nitrogens with one attached hydrogen (secondary N) is 1. The molecule has 19 heavy (non-hydrogen) atoms. The summed E-state index contributed by atoms with van der Waals surface area (Å²) in [6.45, 7) is 1.89. The maximum Gasteiger partial charge on any atom is 0.255 e. The number of methoxy groups -OCH3 is 1. The second-order valence-corrected chi connectivity index (χ2v) is 4.18. The average Bonchev–Trinajstić information content (AvgIpc) is 2.38. The first-order valence-corrected chi connectivity index (χ1v) is 5.77. The van der Waals surface area contributed by atoms with E-state index in [-0.39, 0.29) is 5.91 Å². The van der Waals surface area contributed by atoms with Crippen LogP contribution in [0.4, 0.5) is 11.4 Å². The third kappa shape index (κ3) is 3.22. The number of carbonyl (C=O) groups excluding carboxylic acids is 1. The van der Waals surface area contributed by atoms with Crippen molar-refractivity contribution in [2.45, 2.75) is 6.92 Å². The standard InChI is InChI=1S/C14H15N3O2/c1-9-5-10(7-11(15)6-9)14(18)17-12-3-4-13(19-2)16-8-12/h3-8H,15H2,1-2H3,(H,17,18). The molecule has 0 saturated heterocycles. The van der Waals surface area contributed by atoms with Gasteiger partial charge in [-0.3, -0.25) is 4.79 Å². The Hall–Kier alpha value is -2.56. The first-order chi connectivity index (χ1) is 9.08. The van der Waals surface area contributed by atoms with E-state index >= 15 is 0 Å². The van der Waals surface area contributed by atoms with Crippen LogP contribution in [0.5, 0.6) is 5.88 Å². The third-order valence-corrected chi connectivity index (χ3v) is 2.57. The lowest BCUT2D eigenvalue weighted by molar-refractivity contribution is 0.102. The summed E-state index contributed by atoms with van der Waals surface area (Å²) in [5, 5.41) is 2.75. The van der Waals surface area contributed by atoms with Gasteiger partial charge in [-0.1, -0.05) is 0 Å². The molecular weight excluding hydrogens is 242 g/mol. The first-order valence-electron chi connectivity index (χ1n) is 5.77. The Morgan fingerprint density at radius 1 is 1.32 bits per heavy atom. The van der Waals surface area contributed by atoms with Crippen LogP contribution in [-0.2, 0) is 0 Å². The van der Waals surface area contributed by atoms with Crippen molar-refractivity contribution in [1.29, 1.82) is 0 Å². The number of ether oxygens (including phenoxy) is 1. The summed E-state index contributed by atoms with van der Waals surface area (Å²) in [4.78, 5) is 16.1. The van der Waals surface area contributed by atoms with Gasteiger partial charge in [-0.2, -0.15) is 0 Å². The predicted octanol–water partition coefficient (Wildman–Crippen LogP) is 2.23. The smallest absolute Gasteiger partial charge is 0.255 e. The SMILES string of the molecule is COc1ccc(NC(=O)c2cc(C)cc(N)c2)cn1. The van der Waals surface area contributed by atoms with Gasteiger partial charge in [0.05, 0.1) is 19.0 Å². The zero-order valence-electron chi connectivity index (χ0n) is 10.8. The Balaban J connectivity index is 2.15. The average molecular weight is 257 g/mol. The Morgan fingerprint density at radius 3 is 2.68 bits per heavy atom. The molecule has 2 aromatic rings. The van der Waals surface area contributed by atoms with E-state index in [0.29, 0.717) is 22.8 Å². The van der Waals surface area contributed by atoms with Gasteiger partial charge in [-0.25, -0.2) is 4.98 Å². The van der Waals surface area contributed by atoms with Crippen LogP contribution >= 0.6 is 0 Å². The molecular formula is C14H15N3O2. The second-order valence-electron chi connectivity index (χ2n) is 4.18. The van der Waals surface area contributed by atoms with Crippen LogP contribution in [0, 0.1) is 6.92 Å². The minimum absolute atomic E-state index is 0.220. The lowest BCUT2D eigenvalue weighted by atomic mass is 10.1. The summed E-state index contributed by atoms with van der Waals surface area (Å²) in [7, 11) is 1.54. The molecule has 1 aromatic heterocycles. The summed E-state index contributed by atoms with van der Waals surface area (Å²) >= 11 is 0. The highest BCUT2D eigenvalue weighted by Gasteiger charge is 2.07. The molecule has 2 rings (SSSR count). The van der Waals surface area contributed by atoms with Crippen LogP contribution in [0.15, 0.2) is 36.5 Å². The molecule has 1 amide bonds. The van der Waals surface area contributed by atoms with Gasteiger partial charge in [0.15, 0.2) is 0 Å². The molecule has 98 valence electrons. The maximum atomic E-state index is 12.0. The number of anilines is 2. The summed E-state index contributed by atoms with van der Waals surface area (Å²) < 4.78 is 4.95. The van der Waals surface area contributed by atoms with E-state index in [2.05, 4.69) is 10.3 Å². The third-order valence-electron chi connectivity index (χ3n) is 2.57. The highest BCUT2D eigenvalue weighted by Crippen LogP contribution is 2.15. The van der Waals surface area contributed by atoms with Gasteiger partial charge in [0.2, 0.25) is 5.88 Å². The van der Waals surface area contributed by atoms with Gasteiger partial charge in [0.1, 0.15) is 0 Å². The number of rotatable bonds is 3. The number of aryl methyl sites for hydroxylation is 1. The van der Waals surface area contributed by atoms with Gasteiger partial charge in [0.25, 0.3) is 5.91 Å². The number of amides is 1. The van der Waals surface area contributed by atoms with Crippen molar-refractivity contribution in [2.75, 3.05) is 18.2 Å². The van der Waals surface area contributed by atoms with Gasteiger partial charge in [-0.05, 0) is 36.8 Å². The summed E-state index contributed by atoms with van der Waals surface area (Å²) in [6.07, 6.45) is 1.54. The molecule has 0 saturated carbocycles. The van der Waals surface area contributed by atoms with Crippen molar-refractivity contribution < 1.29 is 9.53 Å². The molecule has 0 bridgehead atoms. The normalized spacial score (nSPS) is 10.0. The summed E-state index contributed by atoms with van der Waals surface area (Å²) in [5.41, 5.74) is 8.35. The van der Waals surface area contributed by atoms with Crippen LogP contribution in [-0.4, -0.2) is 18.0 Å². The monoisotopic (exact) mass is 257 g/mol. The number of nitrogen functional groups attached to an aromatic ring is 1. The Labute approximate surface area is 111 Å². The molecule has 0 spiro atoms. The van der Waals surface area contributed by atoms with Gasteiger partial charge >= 0.3 is 0 Å². The summed E-state index contributed by atoms with van der Waals surface area (Å²) in [5.74, 6) is 0.278. The molecule has 0 radical (unpaired) electrons. The number of hydrogen-bond donors (Lipinski definition) is 2. The predicted molar refractivity (Wildman–Crippen MR) is 74.3 cm³/mol. The molecule has 1 aromatic carbocycles. The van der Waals surface area contributed by atoms with Crippen LogP contribution in [0.1, 0.15) is 15.9 Å². The maximum absolute atomic E-state index is 12.0. The fraction of sp³-hybridized carbons (Fsp3) is 0.143. The molecule has 3 N–H and O–H groups in total. The zero-order chi connectivity index (χ0) is 13.8. The van der Waals surface area contributed by atoms with Gasteiger partial charge in [-0.15, -0.1) is 0 Å². The minimum atomic E-state index is -0.220. The number of nitrogens with two attached hydrogens (primary N) is 1. The van der Waals surface area contributed by atoms with E-state index in [9.17, 15) is 4.79 Å². The fourth-order valence-corrected chi connectivity index (χ4v) is 1.72. The second kappa shape index (κ2) is 5.39. The number of carbonyl (C=O) groups is 1. The molecule has 5 nitrogen and oxygen atoms in total. The zero-order valence-corrected chi connectivity index (χ0v) is 10.8. The van der Waals surface area contributed by atoms with Crippen molar-refractivity contribution in [3.05, 3.63) is 47.7 Å². The van der Waals surface area contributed by atoms with Gasteiger partial charge < -0.3 is 15.8 Å². The van der Waals surface area contributed by atoms with Crippen molar-refractivity contribution in [2.24, 2.45) is 0 Å². The topological polar surface area (TPSA) is 77.2 Å². The van der Waals surface area contributed by atoms with Crippen molar-refractivity contribution in [3.63, 3.8) is 0 Å². The van der Waals surface area contributed by atoms with Gasteiger partial charge in [0, 0.05) is 17.3 Å². The van der Waals surface area contributed by atoms with E-state index in [1.807, 2.05) is 13.0 Å². The molecule has 0 aliphatic rings. The van der Waals surface area contributed by atoms with E-state index in [0.717, 1.165) is 5.56 Å². The van der Waals surface area contributed by atoms with E-state index in [1.54, 1.807) is 24.3 Å². The first kappa shape index (κ1) is 12.9. The quantitative estimate of drug-likeness (QED) is 0.827. The fourth-order valence-electron chi connectivity index (χ4n) is 1.72. The Kier molecular flexibility index (Phi) is 3.66. The van der Waals surface area contributed by atoms with Crippen molar-refractivity contribution >= 4 is 17.3 Å². The lowest BCUT2D eigenvalue weighted by Crippen LogP contribution is -2.12. The highest BCUT2D eigenvalue weighted by molar-refractivity contribution is 6.04. The Morgan fingerprint density at radius 2 is 2.11 bits per heavy atom. The van der Waals surface area contributed by atoms with Crippen molar-refractivity contribution in [1.82, 2.24) is 4.98 Å². The minimum Gasteiger partial charge on any atom is -0.481 e. The molecule has 0 aliphatic carbocycles. The number of pyridine rings is 1. The molecule has 0 unspecified atom stereocenters. The number of aromatic nitrogens is 1. The van der Waals surface area contributed by atoms with E-state index in [4.69, 9.17) is 10.5 Å². The number of hydrogen-bond acceptors (Lipinski definition) is 4. The number of benzene rings is 1. The van der Waals surface area contributed by atoms with Crippen LogP contribution in [0.3, 0.4) is 0 Å². The largest absolute Gasteiger partial charge is 0.481 e. The van der Waals surface area contributed by atoms with Crippen LogP contribution in [0.25, 0.3) is 0 Å². The molecule has 5 heteroatoms. The highest BCUT2D eigenvalue weighted by atomic mass is 16.5. The van der Waals surface area contributed by atoms with E-state index < -0.39 is 0 Å². The molecule has 1 heterocycles.